The Balaban J connectivity index is 1.49. The predicted molar refractivity (Wildman–Crippen MR) is 118 cm³/mol. The molecular formula is C24H25ClFN3O2. The number of rotatable bonds is 5. The summed E-state index contributed by atoms with van der Waals surface area (Å²) in [6.45, 7) is 6.51. The molecule has 0 aliphatic carbocycles. The molecule has 0 saturated carbocycles. The van der Waals surface area contributed by atoms with Crippen molar-refractivity contribution in [1.82, 2.24) is 14.5 Å². The molecule has 162 valence electrons. The van der Waals surface area contributed by atoms with E-state index in [1.807, 2.05) is 49.7 Å². The maximum absolute atomic E-state index is 13.5. The maximum atomic E-state index is 13.5. The first-order chi connectivity index (χ1) is 14.8. The van der Waals surface area contributed by atoms with E-state index >= 15 is 0 Å². The molecule has 0 N–H and O–H groups in total. The third-order valence-corrected chi connectivity index (χ3v) is 6.04. The second-order valence-corrected chi connectivity index (χ2v) is 8.41. The molecular weight excluding hydrogens is 417 g/mol. The van der Waals surface area contributed by atoms with Crippen LogP contribution in [0.25, 0.3) is 5.69 Å². The number of nitrogens with zero attached hydrogens (tertiary/aromatic N) is 3. The molecule has 2 aromatic carbocycles. The highest BCUT2D eigenvalue weighted by molar-refractivity contribution is 6.30. The molecule has 1 fully saturated rings. The van der Waals surface area contributed by atoms with E-state index in [4.69, 9.17) is 16.3 Å². The summed E-state index contributed by atoms with van der Waals surface area (Å²) in [6, 6.07) is 10.2. The topological polar surface area (TPSA) is 47.4 Å². The highest BCUT2D eigenvalue weighted by Crippen LogP contribution is 2.30. The van der Waals surface area contributed by atoms with E-state index in [2.05, 4.69) is 4.98 Å². The van der Waals surface area contributed by atoms with Crippen molar-refractivity contribution >= 4 is 17.5 Å². The summed E-state index contributed by atoms with van der Waals surface area (Å²) in [7, 11) is 0. The van der Waals surface area contributed by atoms with Crippen LogP contribution < -0.4 is 4.74 Å². The molecule has 2 unspecified atom stereocenters. The highest BCUT2D eigenvalue weighted by Gasteiger charge is 2.33. The van der Waals surface area contributed by atoms with Gasteiger partial charge in [0.15, 0.2) is 6.10 Å². The number of benzene rings is 2. The average Bonchev–Trinajstić information content (AvgIpc) is 3.17. The Morgan fingerprint density at radius 2 is 2.03 bits per heavy atom. The Morgan fingerprint density at radius 3 is 2.71 bits per heavy atom. The number of likely N-dealkylation sites (tertiary alicyclic amines) is 1. The molecule has 3 aromatic rings. The minimum atomic E-state index is -0.548. The highest BCUT2D eigenvalue weighted by atomic mass is 35.5. The Labute approximate surface area is 186 Å². The number of halogens is 2. The van der Waals surface area contributed by atoms with Crippen LogP contribution in [0.15, 0.2) is 48.9 Å². The lowest BCUT2D eigenvalue weighted by Crippen LogP contribution is -2.47. The first-order valence-corrected chi connectivity index (χ1v) is 10.7. The molecule has 5 nitrogen and oxygen atoms in total. The van der Waals surface area contributed by atoms with Crippen LogP contribution in [0.3, 0.4) is 0 Å². The molecule has 1 saturated heterocycles. The summed E-state index contributed by atoms with van der Waals surface area (Å²) in [6.07, 6.45) is 4.69. The fourth-order valence-corrected chi connectivity index (χ4v) is 4.21. The number of aromatic nitrogens is 2. The van der Waals surface area contributed by atoms with Gasteiger partial charge in [-0.1, -0.05) is 17.7 Å². The molecule has 1 aromatic heterocycles. The lowest BCUT2D eigenvalue weighted by molar-refractivity contribution is -0.144. The standard InChI is InChI=1S/C24H25ClFN3O2/c1-15-11-19(7-9-22(15)28-13-16(2)27-14-28)31-23-5-4-10-29(24(23)30)17(3)18-6-8-21(26)20(25)12-18/h6-9,11-14,17,23H,4-5,10H2,1-3H3. The van der Waals surface area contributed by atoms with Gasteiger partial charge in [-0.05, 0) is 75.1 Å². The zero-order valence-electron chi connectivity index (χ0n) is 17.8. The minimum absolute atomic E-state index is 0.0604. The zero-order valence-corrected chi connectivity index (χ0v) is 18.6. The summed E-state index contributed by atoms with van der Waals surface area (Å²) in [5.41, 5.74) is 3.80. The minimum Gasteiger partial charge on any atom is -0.481 e. The number of carbonyl (C=O) groups excluding carboxylic acids is 1. The molecule has 2 heterocycles. The number of aryl methyl sites for hydroxylation is 2. The van der Waals surface area contributed by atoms with Gasteiger partial charge >= 0.3 is 0 Å². The molecule has 0 radical (unpaired) electrons. The van der Waals surface area contributed by atoms with Crippen LogP contribution in [0.1, 0.15) is 42.6 Å². The lowest BCUT2D eigenvalue weighted by atomic mass is 10.0. The lowest BCUT2D eigenvalue weighted by Gasteiger charge is -2.36. The van der Waals surface area contributed by atoms with Gasteiger partial charge in [-0.15, -0.1) is 0 Å². The Bertz CT molecular complexity index is 1110. The number of amides is 1. The van der Waals surface area contributed by atoms with Crippen LogP contribution in [-0.2, 0) is 4.79 Å². The van der Waals surface area contributed by atoms with E-state index < -0.39 is 11.9 Å². The molecule has 1 aliphatic heterocycles. The monoisotopic (exact) mass is 441 g/mol. The fraction of sp³-hybridized carbons (Fsp3) is 0.333. The average molecular weight is 442 g/mol. The normalized spacial score (nSPS) is 17.6. The number of carbonyl (C=O) groups is 1. The van der Waals surface area contributed by atoms with Crippen LogP contribution in [0.5, 0.6) is 5.75 Å². The van der Waals surface area contributed by atoms with Crippen molar-refractivity contribution in [1.29, 1.82) is 0 Å². The molecule has 1 amide bonds. The van der Waals surface area contributed by atoms with Gasteiger partial charge in [0.2, 0.25) is 0 Å². The van der Waals surface area contributed by atoms with E-state index in [1.165, 1.54) is 6.07 Å². The third kappa shape index (κ3) is 4.44. The SMILES string of the molecule is Cc1cn(-c2ccc(OC3CCCN(C(C)c4ccc(F)c(Cl)c4)C3=O)cc2C)cn1. The Kier molecular flexibility index (Phi) is 6.01. The van der Waals surface area contributed by atoms with Crippen molar-refractivity contribution < 1.29 is 13.9 Å². The third-order valence-electron chi connectivity index (χ3n) is 5.75. The van der Waals surface area contributed by atoms with Crippen LogP contribution in [0, 0.1) is 19.7 Å². The van der Waals surface area contributed by atoms with Crippen LogP contribution in [0.2, 0.25) is 5.02 Å². The number of hydrogen-bond acceptors (Lipinski definition) is 3. The van der Waals surface area contributed by atoms with Crippen LogP contribution >= 0.6 is 11.6 Å². The fourth-order valence-electron chi connectivity index (χ4n) is 4.02. The summed E-state index contributed by atoms with van der Waals surface area (Å²) in [4.78, 5) is 19.2. The maximum Gasteiger partial charge on any atom is 0.264 e. The summed E-state index contributed by atoms with van der Waals surface area (Å²) in [5.74, 6) is 0.135. The van der Waals surface area contributed by atoms with E-state index in [0.717, 1.165) is 28.9 Å². The van der Waals surface area contributed by atoms with Crippen molar-refractivity contribution in [2.45, 2.75) is 45.8 Å². The largest absolute Gasteiger partial charge is 0.481 e. The quantitative estimate of drug-likeness (QED) is 0.531. The van der Waals surface area contributed by atoms with Crippen molar-refractivity contribution in [2.75, 3.05) is 6.54 Å². The number of imidazole rings is 1. The second-order valence-electron chi connectivity index (χ2n) is 8.00. The van der Waals surface area contributed by atoms with Crippen LogP contribution in [-0.4, -0.2) is 33.0 Å². The van der Waals surface area contributed by atoms with Gasteiger partial charge in [-0.3, -0.25) is 4.79 Å². The first kappa shape index (κ1) is 21.4. The van der Waals surface area contributed by atoms with E-state index in [1.54, 1.807) is 23.4 Å². The van der Waals surface area contributed by atoms with Crippen molar-refractivity contribution in [3.05, 3.63) is 76.6 Å². The number of piperidine rings is 1. The van der Waals surface area contributed by atoms with Crippen molar-refractivity contribution in [2.24, 2.45) is 0 Å². The second kappa shape index (κ2) is 8.71. The number of hydrogen-bond donors (Lipinski definition) is 0. The van der Waals surface area contributed by atoms with Gasteiger partial charge in [0.1, 0.15) is 11.6 Å². The van der Waals surface area contributed by atoms with Gasteiger partial charge in [-0.25, -0.2) is 9.37 Å². The zero-order chi connectivity index (χ0) is 22.1. The van der Waals surface area contributed by atoms with Crippen molar-refractivity contribution in [3.63, 3.8) is 0 Å². The Hall–Kier alpha value is -2.86. The molecule has 4 rings (SSSR count). The Morgan fingerprint density at radius 1 is 1.23 bits per heavy atom. The molecule has 0 bridgehead atoms. The van der Waals surface area contributed by atoms with Gasteiger partial charge in [0.05, 0.1) is 23.1 Å². The smallest absolute Gasteiger partial charge is 0.264 e. The number of ether oxygens (including phenoxy) is 1. The molecule has 1 aliphatic rings. The van der Waals surface area contributed by atoms with Crippen LogP contribution in [0.4, 0.5) is 4.39 Å². The van der Waals surface area contributed by atoms with Gasteiger partial charge in [0, 0.05) is 18.4 Å². The van der Waals surface area contributed by atoms with Crippen molar-refractivity contribution in [3.8, 4) is 11.4 Å². The van der Waals surface area contributed by atoms with E-state index in [-0.39, 0.29) is 17.0 Å². The molecule has 0 spiro atoms. The van der Waals surface area contributed by atoms with Gasteiger partial charge in [-0.2, -0.15) is 0 Å². The van der Waals surface area contributed by atoms with E-state index in [9.17, 15) is 9.18 Å². The summed E-state index contributed by atoms with van der Waals surface area (Å²) in [5, 5.41) is 0.0604. The van der Waals surface area contributed by atoms with Gasteiger partial charge in [0.25, 0.3) is 5.91 Å². The molecule has 7 heteroatoms. The summed E-state index contributed by atoms with van der Waals surface area (Å²) >= 11 is 5.93. The molecule has 2 atom stereocenters. The molecule has 31 heavy (non-hydrogen) atoms. The first-order valence-electron chi connectivity index (χ1n) is 10.4. The van der Waals surface area contributed by atoms with Gasteiger partial charge < -0.3 is 14.2 Å². The predicted octanol–water partition coefficient (Wildman–Crippen LogP) is 5.41. The summed E-state index contributed by atoms with van der Waals surface area (Å²) < 4.78 is 21.6. The van der Waals surface area contributed by atoms with E-state index in [0.29, 0.717) is 18.7 Å².